The minimum Gasteiger partial charge on any atom is -0.493 e. The maximum absolute atomic E-state index is 11.5. The van der Waals surface area contributed by atoms with Crippen LogP contribution in [0.1, 0.15) is 11.1 Å². The third-order valence-electron chi connectivity index (χ3n) is 3.55. The van der Waals surface area contributed by atoms with Gasteiger partial charge >= 0.3 is 6.07 Å². The Morgan fingerprint density at radius 1 is 0.741 bits per heavy atom. The maximum Gasteiger partial charge on any atom is 0.428 e. The summed E-state index contributed by atoms with van der Waals surface area (Å²) in [5, 5.41) is 0. The number of hydrogen-bond acceptors (Lipinski definition) is 6. The van der Waals surface area contributed by atoms with Crippen LogP contribution in [0.2, 0.25) is 0 Å². The van der Waals surface area contributed by atoms with Crippen molar-refractivity contribution in [1.82, 2.24) is 0 Å². The van der Waals surface area contributed by atoms with Crippen LogP contribution in [0.25, 0.3) is 12.2 Å². The number of halogens is 2. The number of rotatable bonds is 8. The van der Waals surface area contributed by atoms with E-state index in [4.69, 9.17) is 46.0 Å². The molecule has 0 atom stereocenters. The Morgan fingerprint density at radius 2 is 1.26 bits per heavy atom. The van der Waals surface area contributed by atoms with Crippen molar-refractivity contribution in [1.29, 1.82) is 0 Å². The predicted molar refractivity (Wildman–Crippen MR) is 108 cm³/mol. The van der Waals surface area contributed by atoms with E-state index in [2.05, 4.69) is 0 Å². The first-order valence-corrected chi connectivity index (χ1v) is 11.1. The summed E-state index contributed by atoms with van der Waals surface area (Å²) in [6.07, 6.45) is -0.0976. The molecule has 0 N–H and O–H groups in total. The molecule has 0 unspecified atom stereocenters. The second-order valence-electron chi connectivity index (χ2n) is 5.21. The molecule has 6 nitrogen and oxygen atoms in total. The zero-order valence-corrected chi connectivity index (χ0v) is 17.6. The third kappa shape index (κ3) is 5.73. The van der Waals surface area contributed by atoms with Gasteiger partial charge in [0.15, 0.2) is 23.0 Å². The molecule has 0 aliphatic rings. The van der Waals surface area contributed by atoms with Gasteiger partial charge in [-0.1, -0.05) is 18.2 Å². The Balaban J connectivity index is 2.37. The highest BCUT2D eigenvalue weighted by molar-refractivity contribution is 8.05. The van der Waals surface area contributed by atoms with Crippen molar-refractivity contribution >= 4 is 40.7 Å². The van der Waals surface area contributed by atoms with Gasteiger partial charge in [0.2, 0.25) is 5.75 Å². The van der Waals surface area contributed by atoms with Gasteiger partial charge in [0.25, 0.3) is 0 Å². The van der Waals surface area contributed by atoms with Crippen molar-refractivity contribution < 1.29 is 28.0 Å². The van der Waals surface area contributed by atoms with E-state index < -0.39 is 6.07 Å². The van der Waals surface area contributed by atoms with E-state index in [1.54, 1.807) is 39.5 Å². The van der Waals surface area contributed by atoms with Crippen molar-refractivity contribution in [3.05, 3.63) is 41.5 Å². The number of ether oxygens (including phenoxy) is 4. The lowest BCUT2D eigenvalue weighted by Gasteiger charge is -2.13. The van der Waals surface area contributed by atoms with Crippen molar-refractivity contribution in [2.45, 2.75) is 0 Å². The summed E-state index contributed by atoms with van der Waals surface area (Å²) in [7, 11) is 6.10. The first-order valence-electron chi connectivity index (χ1n) is 7.66. The van der Waals surface area contributed by atoms with Crippen LogP contribution < -0.4 is 23.5 Å². The van der Waals surface area contributed by atoms with Crippen LogP contribution in [0.3, 0.4) is 0 Å². The molecule has 0 aromatic heterocycles. The molecular formula is C18H19Cl2O6P. The van der Waals surface area contributed by atoms with Gasteiger partial charge in [-0.3, -0.25) is 0 Å². The molecule has 2 rings (SSSR count). The average Bonchev–Trinajstić information content (AvgIpc) is 2.64. The molecule has 0 fully saturated rings. The molecule has 2 aromatic carbocycles. The second kappa shape index (κ2) is 9.27. The summed E-state index contributed by atoms with van der Waals surface area (Å²) in [5.74, 6) is 2.14. The zero-order chi connectivity index (χ0) is 20.0. The molecule has 9 heteroatoms. The van der Waals surface area contributed by atoms with Crippen LogP contribution in [0, 0.1) is 0 Å². The van der Waals surface area contributed by atoms with E-state index in [9.17, 15) is 4.57 Å². The minimum absolute atomic E-state index is 0.179. The van der Waals surface area contributed by atoms with Crippen LogP contribution in [0.15, 0.2) is 30.3 Å². The van der Waals surface area contributed by atoms with E-state index >= 15 is 0 Å². The number of methoxy groups -OCH3 is 4. The van der Waals surface area contributed by atoms with Crippen LogP contribution in [0.5, 0.6) is 28.7 Å². The van der Waals surface area contributed by atoms with E-state index in [1.807, 2.05) is 24.3 Å². The van der Waals surface area contributed by atoms with Crippen LogP contribution in [0.4, 0.5) is 0 Å². The number of hydrogen-bond donors (Lipinski definition) is 0. The Kier molecular flexibility index (Phi) is 7.31. The van der Waals surface area contributed by atoms with Crippen molar-refractivity contribution in [2.24, 2.45) is 0 Å². The highest BCUT2D eigenvalue weighted by atomic mass is 35.9. The normalized spacial score (nSPS) is 11.3. The maximum atomic E-state index is 11.5. The van der Waals surface area contributed by atoms with Crippen LogP contribution in [-0.4, -0.2) is 28.4 Å². The lowest BCUT2D eigenvalue weighted by atomic mass is 10.1. The summed E-state index contributed by atoms with van der Waals surface area (Å²) in [6.45, 7) is 0. The van der Waals surface area contributed by atoms with Gasteiger partial charge < -0.3 is 23.5 Å². The van der Waals surface area contributed by atoms with Crippen LogP contribution in [-0.2, 0) is 4.57 Å². The number of benzene rings is 2. The fourth-order valence-corrected chi connectivity index (χ4v) is 3.19. The average molecular weight is 433 g/mol. The summed E-state index contributed by atoms with van der Waals surface area (Å²) in [4.78, 5) is 0. The van der Waals surface area contributed by atoms with Gasteiger partial charge in [-0.05, 0) is 35.4 Å². The highest BCUT2D eigenvalue weighted by Crippen LogP contribution is 2.58. The van der Waals surface area contributed by atoms with E-state index in [-0.39, 0.29) is 5.75 Å². The minimum atomic E-state index is -3.76. The molecule has 0 radical (unpaired) electrons. The van der Waals surface area contributed by atoms with E-state index in [1.165, 1.54) is 7.11 Å². The zero-order valence-electron chi connectivity index (χ0n) is 15.2. The fraction of sp³-hybridized carbons (Fsp3) is 0.222. The van der Waals surface area contributed by atoms with Gasteiger partial charge in [-0.25, -0.2) is 4.57 Å². The second-order valence-corrected chi connectivity index (χ2v) is 9.41. The summed E-state index contributed by atoms with van der Waals surface area (Å²) in [5.41, 5.74) is 1.57. The SMILES string of the molecule is COc1ccc(/C=C\c2cc(OC)c(OC)c(OC)c2)cc1OP(=O)(Cl)Cl. The fourth-order valence-electron chi connectivity index (χ4n) is 2.37. The van der Waals surface area contributed by atoms with Crippen molar-refractivity contribution in [3.8, 4) is 28.7 Å². The molecule has 0 aliphatic heterocycles. The van der Waals surface area contributed by atoms with E-state index in [0.29, 0.717) is 23.0 Å². The first kappa shape index (κ1) is 21.3. The molecule has 0 saturated carbocycles. The molecule has 0 heterocycles. The molecule has 27 heavy (non-hydrogen) atoms. The molecule has 0 saturated heterocycles. The molecule has 0 bridgehead atoms. The summed E-state index contributed by atoms with van der Waals surface area (Å²) < 4.78 is 37.8. The predicted octanol–water partition coefficient (Wildman–Crippen LogP) is 5.86. The Morgan fingerprint density at radius 3 is 1.74 bits per heavy atom. The molecular weight excluding hydrogens is 414 g/mol. The summed E-state index contributed by atoms with van der Waals surface area (Å²) in [6, 6.07) is 8.70. The Hall–Kier alpha value is -2.01. The monoisotopic (exact) mass is 432 g/mol. The lowest BCUT2D eigenvalue weighted by molar-refractivity contribution is 0.324. The lowest BCUT2D eigenvalue weighted by Crippen LogP contribution is -1.95. The quantitative estimate of drug-likeness (QED) is 0.384. The molecule has 0 amide bonds. The standard InChI is InChI=1S/C18H19Cl2O6P/c1-22-14-8-7-12(9-15(14)26-27(19,20)21)5-6-13-10-16(23-2)18(25-4)17(11-13)24-3/h5-11H,1-4H3/b6-5-. The smallest absolute Gasteiger partial charge is 0.428 e. The Bertz CT molecular complexity index is 853. The molecule has 146 valence electrons. The third-order valence-corrected chi connectivity index (χ3v) is 4.37. The topological polar surface area (TPSA) is 63.2 Å². The van der Waals surface area contributed by atoms with E-state index in [0.717, 1.165) is 11.1 Å². The molecule has 2 aromatic rings. The molecule has 0 spiro atoms. The van der Waals surface area contributed by atoms with Crippen molar-refractivity contribution in [3.63, 3.8) is 0 Å². The summed E-state index contributed by atoms with van der Waals surface area (Å²) >= 11 is 11.0. The highest BCUT2D eigenvalue weighted by Gasteiger charge is 2.19. The largest absolute Gasteiger partial charge is 0.493 e. The van der Waals surface area contributed by atoms with Gasteiger partial charge in [0.1, 0.15) is 0 Å². The van der Waals surface area contributed by atoms with Gasteiger partial charge in [-0.15, -0.1) is 0 Å². The van der Waals surface area contributed by atoms with Crippen LogP contribution >= 0.6 is 28.6 Å². The van der Waals surface area contributed by atoms with Gasteiger partial charge in [0, 0.05) is 22.5 Å². The van der Waals surface area contributed by atoms with Gasteiger partial charge in [-0.2, -0.15) is 0 Å². The first-order chi connectivity index (χ1) is 12.8. The molecule has 0 aliphatic carbocycles. The Labute approximate surface area is 167 Å². The van der Waals surface area contributed by atoms with Gasteiger partial charge in [0.05, 0.1) is 28.4 Å². The van der Waals surface area contributed by atoms with Crippen molar-refractivity contribution in [2.75, 3.05) is 28.4 Å².